The summed E-state index contributed by atoms with van der Waals surface area (Å²) in [6.07, 6.45) is -0.798. The fourth-order valence-corrected chi connectivity index (χ4v) is 6.26. The van der Waals surface area contributed by atoms with Crippen molar-refractivity contribution in [1.29, 1.82) is 5.26 Å². The second kappa shape index (κ2) is 14.3. The van der Waals surface area contributed by atoms with Crippen LogP contribution in [0.1, 0.15) is 27.0 Å². The van der Waals surface area contributed by atoms with Gasteiger partial charge in [-0.1, -0.05) is 64.9 Å². The largest absolute Gasteiger partial charge is 0.478 e. The zero-order valence-electron chi connectivity index (χ0n) is 23.1. The highest BCUT2D eigenvalue weighted by molar-refractivity contribution is 7.52. The molecule has 16 heteroatoms. The molecule has 5 aromatic rings. The number of halogens is 4. The van der Waals surface area contributed by atoms with Gasteiger partial charge in [-0.15, -0.1) is 19.7 Å². The van der Waals surface area contributed by atoms with E-state index in [1.165, 1.54) is 35.6 Å². The van der Waals surface area contributed by atoms with Gasteiger partial charge in [0.1, 0.15) is 16.5 Å². The summed E-state index contributed by atoms with van der Waals surface area (Å²) in [5.41, 5.74) is 2.00. The topological polar surface area (TPSA) is 135 Å². The van der Waals surface area contributed by atoms with Crippen LogP contribution in [-0.4, -0.2) is 21.3 Å². The van der Waals surface area contributed by atoms with Gasteiger partial charge in [0.2, 0.25) is 5.13 Å². The van der Waals surface area contributed by atoms with E-state index >= 15 is 0 Å². The lowest BCUT2D eigenvalue weighted by atomic mass is 10.1. The van der Waals surface area contributed by atoms with Crippen molar-refractivity contribution < 1.29 is 37.7 Å². The molecule has 0 amide bonds. The standard InChI is InChI=1S/C30H19Cl2F2N4O6PS/c31-26-10-9-23(14-27(26)32)38(16-18-7-8-21(22(11-18)15-35)17-45(41,43-33)44-34)30-37-36-28(46-30)19-3-1-5-24(12-19)42-25-6-2-4-20(13-25)29(39)40/h1-14H,16-17H2,(H,39,40). The minimum Gasteiger partial charge on any atom is -0.478 e. The smallest absolute Gasteiger partial charge is 0.399 e. The third-order valence-corrected chi connectivity index (χ3v) is 9.35. The number of nitriles is 1. The van der Waals surface area contributed by atoms with Crippen molar-refractivity contribution in [1.82, 2.24) is 10.2 Å². The van der Waals surface area contributed by atoms with Crippen molar-refractivity contribution in [2.75, 3.05) is 4.90 Å². The number of nitrogens with zero attached hydrogens (tertiary/aromatic N) is 4. The SMILES string of the molecule is N#Cc1cc(CN(c2ccc(Cl)c(Cl)c2)c2nnc(-c3cccc(Oc4cccc(C(=O)O)c4)c3)s2)ccc1CP(=O)(OF)OF. The molecule has 0 spiro atoms. The van der Waals surface area contributed by atoms with Crippen LogP contribution in [0.3, 0.4) is 0 Å². The van der Waals surface area contributed by atoms with E-state index in [2.05, 4.69) is 19.7 Å². The highest BCUT2D eigenvalue weighted by Gasteiger charge is 2.29. The normalized spacial score (nSPS) is 11.2. The molecule has 0 aliphatic rings. The van der Waals surface area contributed by atoms with Gasteiger partial charge in [0.25, 0.3) is 0 Å². The van der Waals surface area contributed by atoms with Gasteiger partial charge < -0.3 is 14.7 Å². The molecular weight excluding hydrogens is 684 g/mol. The Labute approximate surface area is 274 Å². The summed E-state index contributed by atoms with van der Waals surface area (Å²) in [6.45, 7) is 0.140. The van der Waals surface area contributed by atoms with Crippen LogP contribution in [0, 0.1) is 11.3 Å². The number of rotatable bonds is 12. The van der Waals surface area contributed by atoms with Crippen LogP contribution in [0.15, 0.2) is 84.9 Å². The summed E-state index contributed by atoms with van der Waals surface area (Å²) in [5, 5.41) is 29.3. The first-order chi connectivity index (χ1) is 22.1. The molecule has 46 heavy (non-hydrogen) atoms. The second-order valence-corrected chi connectivity index (χ2v) is 13.1. The number of carboxylic acid groups (broad SMARTS) is 1. The average molecular weight is 703 g/mol. The molecule has 0 bridgehead atoms. The van der Waals surface area contributed by atoms with Gasteiger partial charge in [0.05, 0.1) is 39.9 Å². The number of aromatic nitrogens is 2. The van der Waals surface area contributed by atoms with Crippen molar-refractivity contribution in [3.05, 3.63) is 117 Å². The van der Waals surface area contributed by atoms with Crippen molar-refractivity contribution in [2.24, 2.45) is 0 Å². The van der Waals surface area contributed by atoms with Crippen LogP contribution in [0.4, 0.5) is 19.9 Å². The molecule has 1 heterocycles. The van der Waals surface area contributed by atoms with Gasteiger partial charge >= 0.3 is 13.6 Å². The molecule has 0 aliphatic carbocycles. The number of hydrogen-bond donors (Lipinski definition) is 1. The monoisotopic (exact) mass is 702 g/mol. The average Bonchev–Trinajstić information content (AvgIpc) is 3.56. The lowest BCUT2D eigenvalue weighted by molar-refractivity contribution is -0.0881. The molecule has 0 saturated carbocycles. The molecule has 0 radical (unpaired) electrons. The summed E-state index contributed by atoms with van der Waals surface area (Å²) in [6, 6.07) is 24.5. The summed E-state index contributed by atoms with van der Waals surface area (Å²) in [7, 11) is -4.72. The zero-order chi connectivity index (χ0) is 32.8. The van der Waals surface area contributed by atoms with Crippen LogP contribution in [0.5, 0.6) is 11.5 Å². The third-order valence-electron chi connectivity index (χ3n) is 6.47. The van der Waals surface area contributed by atoms with E-state index in [4.69, 9.17) is 27.9 Å². The van der Waals surface area contributed by atoms with Gasteiger partial charge in [-0.25, -0.2) is 4.79 Å². The fourth-order valence-electron chi connectivity index (χ4n) is 4.30. The molecule has 5 rings (SSSR count). The highest BCUT2D eigenvalue weighted by Crippen LogP contribution is 2.52. The lowest BCUT2D eigenvalue weighted by Crippen LogP contribution is -2.16. The van der Waals surface area contributed by atoms with E-state index in [0.29, 0.717) is 43.5 Å². The quantitative estimate of drug-likeness (QED) is 0.125. The van der Waals surface area contributed by atoms with Crippen LogP contribution >= 0.6 is 42.1 Å². The number of anilines is 2. The molecule has 0 atom stereocenters. The van der Waals surface area contributed by atoms with Gasteiger partial charge in [-0.2, -0.15) is 5.26 Å². The van der Waals surface area contributed by atoms with Crippen molar-refractivity contribution in [3.8, 4) is 28.1 Å². The van der Waals surface area contributed by atoms with Crippen LogP contribution in [0.25, 0.3) is 10.6 Å². The zero-order valence-corrected chi connectivity index (χ0v) is 26.4. The molecular formula is C30H19Cl2F2N4O6PS. The molecule has 0 aliphatic heterocycles. The first-order valence-electron chi connectivity index (χ1n) is 13.0. The Balaban J connectivity index is 1.46. The fraction of sp³-hybridized carbons (Fsp3) is 0.0667. The molecule has 4 aromatic carbocycles. The van der Waals surface area contributed by atoms with E-state index in [1.54, 1.807) is 59.5 Å². The first kappa shape index (κ1) is 33.0. The van der Waals surface area contributed by atoms with Gasteiger partial charge in [0.15, 0.2) is 0 Å². The Kier molecular flexibility index (Phi) is 10.3. The first-order valence-corrected chi connectivity index (χ1v) is 16.3. The third kappa shape index (κ3) is 7.68. The Morgan fingerprint density at radius 1 is 0.957 bits per heavy atom. The molecule has 1 aromatic heterocycles. The van der Waals surface area contributed by atoms with Crippen LogP contribution < -0.4 is 9.64 Å². The number of aromatic carboxylic acids is 1. The Bertz CT molecular complexity index is 2000. The van der Waals surface area contributed by atoms with Crippen LogP contribution in [0.2, 0.25) is 10.0 Å². The van der Waals surface area contributed by atoms with E-state index in [0.717, 1.165) is 0 Å². The molecule has 234 valence electrons. The van der Waals surface area contributed by atoms with Gasteiger partial charge in [-0.05, 0) is 74.8 Å². The van der Waals surface area contributed by atoms with Crippen molar-refractivity contribution in [2.45, 2.75) is 12.7 Å². The van der Waals surface area contributed by atoms with Crippen molar-refractivity contribution >= 4 is 58.9 Å². The minimum absolute atomic E-state index is 0.00423. The second-order valence-electron chi connectivity index (χ2n) is 9.55. The van der Waals surface area contributed by atoms with E-state index in [-0.39, 0.29) is 28.3 Å². The predicted molar refractivity (Wildman–Crippen MR) is 168 cm³/mol. The molecule has 0 saturated heterocycles. The summed E-state index contributed by atoms with van der Waals surface area (Å²) in [5.74, 6) is -0.278. The highest BCUT2D eigenvalue weighted by atomic mass is 35.5. The van der Waals surface area contributed by atoms with Crippen molar-refractivity contribution in [3.63, 3.8) is 0 Å². The minimum atomic E-state index is -4.72. The molecule has 0 fully saturated rings. The Morgan fingerprint density at radius 2 is 1.70 bits per heavy atom. The van der Waals surface area contributed by atoms with E-state index < -0.39 is 19.7 Å². The number of benzene rings is 4. The molecule has 1 N–H and O–H groups in total. The molecule has 0 unspecified atom stereocenters. The Hall–Kier alpha value is -4.41. The van der Waals surface area contributed by atoms with E-state index in [9.17, 15) is 28.8 Å². The summed E-state index contributed by atoms with van der Waals surface area (Å²) >= 11 is 13.7. The number of hydrogen-bond acceptors (Lipinski definition) is 10. The summed E-state index contributed by atoms with van der Waals surface area (Å²) in [4.78, 5) is 13.1. The maximum absolute atomic E-state index is 12.7. The maximum Gasteiger partial charge on any atom is 0.399 e. The maximum atomic E-state index is 12.7. The number of ether oxygens (including phenoxy) is 1. The summed E-state index contributed by atoms with van der Waals surface area (Å²) < 4.78 is 49.6. The molecule has 10 nitrogen and oxygen atoms in total. The van der Waals surface area contributed by atoms with Crippen LogP contribution in [-0.2, 0) is 26.7 Å². The lowest BCUT2D eigenvalue weighted by Gasteiger charge is -2.22. The number of carbonyl (C=O) groups is 1. The predicted octanol–water partition coefficient (Wildman–Crippen LogP) is 9.71. The Morgan fingerprint density at radius 3 is 2.39 bits per heavy atom. The van der Waals surface area contributed by atoms with Gasteiger partial charge in [-0.3, -0.25) is 4.57 Å². The number of carboxylic acids is 1. The van der Waals surface area contributed by atoms with Gasteiger partial charge in [0, 0.05) is 11.3 Å². The van der Waals surface area contributed by atoms with E-state index in [1.807, 2.05) is 12.1 Å².